The van der Waals surface area contributed by atoms with Crippen LogP contribution in [0, 0.1) is 6.07 Å². The zero-order chi connectivity index (χ0) is 15.2. The first-order valence-corrected chi connectivity index (χ1v) is 7.13. The summed E-state index contributed by atoms with van der Waals surface area (Å²) >= 11 is 0. The Kier molecular flexibility index (Phi) is 7.94. The number of aliphatic hydroxyl groups excluding tert-OH is 2. The van der Waals surface area contributed by atoms with E-state index in [2.05, 4.69) is 29.0 Å². The zero-order valence-corrected chi connectivity index (χ0v) is 15.0. The van der Waals surface area contributed by atoms with Gasteiger partial charge in [0.25, 0.3) is 0 Å². The molecule has 0 aromatic carbocycles. The second-order valence-corrected chi connectivity index (χ2v) is 5.24. The molecule has 1 radical (unpaired) electrons. The molecule has 0 fully saturated rings. The molecule has 0 bridgehead atoms. The van der Waals surface area contributed by atoms with Crippen molar-refractivity contribution in [2.45, 2.75) is 38.8 Å². The maximum absolute atomic E-state index is 8.56. The van der Waals surface area contributed by atoms with Gasteiger partial charge in [-0.1, -0.05) is 17.7 Å². The fraction of sp³-hybridized carbons (Fsp3) is 0.375. The fourth-order valence-electron chi connectivity index (χ4n) is 2.26. The van der Waals surface area contributed by atoms with Crippen LogP contribution in [0.2, 0.25) is 0 Å². The summed E-state index contributed by atoms with van der Waals surface area (Å²) in [4.78, 5) is 4.39. The van der Waals surface area contributed by atoms with E-state index < -0.39 is 0 Å². The molecule has 4 nitrogen and oxygen atoms in total. The molecule has 1 aliphatic rings. The van der Waals surface area contributed by atoms with Gasteiger partial charge in [-0.3, -0.25) is 0 Å². The van der Waals surface area contributed by atoms with Gasteiger partial charge in [0.2, 0.25) is 0 Å². The fourth-order valence-corrected chi connectivity index (χ4v) is 2.26. The number of nitrogens with zero attached hydrogens (tertiary/aromatic N) is 2. The SMILES string of the molecule is CC(O)CC(C)O.[B]1Cc2cccnc2-c2[c-]ccc[n+]21.[Pt]. The van der Waals surface area contributed by atoms with Crippen LogP contribution in [0.3, 0.4) is 0 Å². The third kappa shape index (κ3) is 5.31. The molecule has 6 heteroatoms. The molecule has 0 amide bonds. The number of rotatable bonds is 2. The molecule has 2 aromatic rings. The first-order chi connectivity index (χ1) is 10.1. The van der Waals surface area contributed by atoms with E-state index in [0.29, 0.717) is 6.42 Å². The average Bonchev–Trinajstić information content (AvgIpc) is 2.46. The number of pyridine rings is 2. The Bertz CT molecular complexity index is 542. The van der Waals surface area contributed by atoms with Crippen LogP contribution in [0.25, 0.3) is 11.4 Å². The number of aromatic nitrogens is 2. The molecular formula is C16H20BN2O2Pt. The minimum Gasteiger partial charge on any atom is -0.393 e. The van der Waals surface area contributed by atoms with Crippen molar-refractivity contribution in [3.8, 4) is 11.4 Å². The van der Waals surface area contributed by atoms with E-state index in [1.165, 1.54) is 5.56 Å². The van der Waals surface area contributed by atoms with E-state index in [4.69, 9.17) is 10.2 Å². The van der Waals surface area contributed by atoms with E-state index in [1.54, 1.807) is 13.8 Å². The van der Waals surface area contributed by atoms with Crippen LogP contribution < -0.4 is 4.48 Å². The molecule has 0 saturated carbocycles. The minimum absolute atomic E-state index is 0. The van der Waals surface area contributed by atoms with E-state index in [1.807, 2.05) is 30.6 Å². The van der Waals surface area contributed by atoms with Crippen molar-refractivity contribution in [1.29, 1.82) is 0 Å². The molecule has 3 heterocycles. The summed E-state index contributed by atoms with van der Waals surface area (Å²) in [5, 5.41) is 17.1. The van der Waals surface area contributed by atoms with Crippen molar-refractivity contribution < 1.29 is 35.8 Å². The summed E-state index contributed by atoms with van der Waals surface area (Å²) in [6.45, 7) is 3.32. The molecule has 1 aliphatic heterocycles. The number of aliphatic hydroxyl groups is 2. The Balaban J connectivity index is 0.000000264. The minimum atomic E-state index is -0.375. The summed E-state index contributed by atoms with van der Waals surface area (Å²) in [6.07, 6.45) is 4.53. The van der Waals surface area contributed by atoms with Gasteiger partial charge in [0.05, 0.1) is 24.1 Å². The Morgan fingerprint density at radius 3 is 2.68 bits per heavy atom. The largest absolute Gasteiger partial charge is 0.540 e. The monoisotopic (exact) mass is 478 g/mol. The van der Waals surface area contributed by atoms with Crippen molar-refractivity contribution in [1.82, 2.24) is 4.98 Å². The molecule has 119 valence electrons. The molecule has 0 spiro atoms. The normalized spacial score (nSPS) is 14.0. The van der Waals surface area contributed by atoms with E-state index in [9.17, 15) is 0 Å². The van der Waals surface area contributed by atoms with Crippen LogP contribution in [0.1, 0.15) is 25.8 Å². The van der Waals surface area contributed by atoms with Crippen molar-refractivity contribution in [3.05, 3.63) is 48.3 Å². The van der Waals surface area contributed by atoms with Gasteiger partial charge in [0.15, 0.2) is 0 Å². The maximum atomic E-state index is 8.56. The van der Waals surface area contributed by atoms with Crippen molar-refractivity contribution in [2.24, 2.45) is 0 Å². The Labute approximate surface area is 146 Å². The van der Waals surface area contributed by atoms with Crippen LogP contribution in [-0.2, 0) is 27.4 Å². The van der Waals surface area contributed by atoms with Gasteiger partial charge in [-0.15, -0.1) is 6.07 Å². The molecule has 3 rings (SSSR count). The summed E-state index contributed by atoms with van der Waals surface area (Å²) in [5.41, 5.74) is 3.37. The zero-order valence-electron chi connectivity index (χ0n) is 12.7. The molecule has 2 unspecified atom stereocenters. The van der Waals surface area contributed by atoms with Gasteiger partial charge in [-0.2, -0.15) is 6.07 Å². The summed E-state index contributed by atoms with van der Waals surface area (Å²) in [7, 11) is 2.15. The van der Waals surface area contributed by atoms with Gasteiger partial charge < -0.3 is 19.7 Å². The molecule has 2 N–H and O–H groups in total. The van der Waals surface area contributed by atoms with Gasteiger partial charge >= 0.3 is 7.41 Å². The van der Waals surface area contributed by atoms with Gasteiger partial charge in [-0.25, -0.2) is 0 Å². The molecule has 2 aromatic heterocycles. The van der Waals surface area contributed by atoms with E-state index in [-0.39, 0.29) is 33.3 Å². The van der Waals surface area contributed by atoms with Crippen LogP contribution in [0.4, 0.5) is 0 Å². The summed E-state index contributed by atoms with van der Waals surface area (Å²) in [5.74, 6) is 0. The second kappa shape index (κ2) is 9.19. The van der Waals surface area contributed by atoms with Crippen molar-refractivity contribution in [2.75, 3.05) is 0 Å². The summed E-state index contributed by atoms with van der Waals surface area (Å²) in [6, 6.07) is 11.2. The van der Waals surface area contributed by atoms with Crippen LogP contribution in [0.15, 0.2) is 36.7 Å². The van der Waals surface area contributed by atoms with Crippen LogP contribution in [-0.4, -0.2) is 34.8 Å². The van der Waals surface area contributed by atoms with E-state index >= 15 is 0 Å². The first-order valence-electron chi connectivity index (χ1n) is 7.13. The Morgan fingerprint density at radius 1 is 1.32 bits per heavy atom. The van der Waals surface area contributed by atoms with Crippen molar-refractivity contribution >= 4 is 7.41 Å². The third-order valence-electron chi connectivity index (χ3n) is 3.13. The number of hydrogen-bond donors (Lipinski definition) is 2. The molecule has 0 saturated heterocycles. The number of fused-ring (bicyclic) bond motifs is 3. The van der Waals surface area contributed by atoms with Crippen LogP contribution >= 0.6 is 0 Å². The van der Waals surface area contributed by atoms with Crippen molar-refractivity contribution in [3.63, 3.8) is 0 Å². The standard InChI is InChI=1S/C11H8BN2.C5H12O2.Pt/c1-2-7-14-10(5-1)11-9(8-12-14)4-3-6-13-11;1-4(6)3-5(2)7;/h1-4,6-7H,8H2;4-7H,3H2,1-2H3;. The topological polar surface area (TPSA) is 57.2 Å². The average molecular weight is 478 g/mol. The van der Waals surface area contributed by atoms with Gasteiger partial charge in [-0.05, 0) is 26.3 Å². The van der Waals surface area contributed by atoms with Gasteiger partial charge in [0, 0.05) is 39.3 Å². The van der Waals surface area contributed by atoms with E-state index in [0.717, 1.165) is 17.7 Å². The smallest absolute Gasteiger partial charge is 0.393 e. The predicted molar refractivity (Wildman–Crippen MR) is 81.5 cm³/mol. The predicted octanol–water partition coefficient (Wildman–Crippen LogP) is 0.953. The Morgan fingerprint density at radius 2 is 2.05 bits per heavy atom. The van der Waals surface area contributed by atoms with Crippen LogP contribution in [0.5, 0.6) is 0 Å². The maximum Gasteiger partial charge on any atom is 0.540 e. The molecule has 0 aliphatic carbocycles. The number of hydrogen-bond acceptors (Lipinski definition) is 3. The summed E-state index contributed by atoms with van der Waals surface area (Å²) < 4.78 is 2.08. The Hall–Kier alpha value is -1.03. The third-order valence-corrected chi connectivity index (χ3v) is 3.13. The molecular weight excluding hydrogens is 458 g/mol. The second-order valence-electron chi connectivity index (χ2n) is 5.24. The van der Waals surface area contributed by atoms with Gasteiger partial charge in [0.1, 0.15) is 0 Å². The molecule has 22 heavy (non-hydrogen) atoms. The first kappa shape index (κ1) is 19.0. The molecule has 2 atom stereocenters. The quantitative estimate of drug-likeness (QED) is 0.500.